The summed E-state index contributed by atoms with van der Waals surface area (Å²) in [7, 11) is 0. The van der Waals surface area contributed by atoms with Gasteiger partial charge in [-0.3, -0.25) is 4.79 Å². The lowest BCUT2D eigenvalue weighted by Gasteiger charge is -2.27. The smallest absolute Gasteiger partial charge is 0.254 e. The van der Waals surface area contributed by atoms with Crippen LogP contribution < -0.4 is 0 Å². The minimum atomic E-state index is -0.00152. The highest BCUT2D eigenvalue weighted by Crippen LogP contribution is 2.28. The number of thioether (sulfide) groups is 1. The molecule has 1 aliphatic heterocycles. The van der Waals surface area contributed by atoms with E-state index in [1.165, 1.54) is 11.3 Å². The maximum absolute atomic E-state index is 13.0. The predicted molar refractivity (Wildman–Crippen MR) is 124 cm³/mol. The van der Waals surface area contributed by atoms with Crippen LogP contribution in [0.3, 0.4) is 0 Å². The quantitative estimate of drug-likeness (QED) is 0.549. The number of fused-ring (bicyclic) bond motifs is 1. The second kappa shape index (κ2) is 8.81. The fraction of sp³-hybridized carbons (Fsp3) is 0.182. The van der Waals surface area contributed by atoms with Crippen molar-refractivity contribution in [2.75, 3.05) is 6.54 Å². The van der Waals surface area contributed by atoms with Gasteiger partial charge in [-0.2, -0.15) is 0 Å². The zero-order valence-electron chi connectivity index (χ0n) is 16.6. The van der Waals surface area contributed by atoms with E-state index in [1.54, 1.807) is 23.2 Å². The van der Waals surface area contributed by atoms with Crippen molar-refractivity contribution in [2.24, 2.45) is 0 Å². The number of carbonyl (C=O) groups is 1. The van der Waals surface area contributed by atoms with Crippen molar-refractivity contribution in [3.05, 3.63) is 76.2 Å². The molecule has 152 valence electrons. The number of hydrogen-bond acceptors (Lipinski definition) is 6. The number of allylic oxidation sites excluding steroid dienone is 1. The van der Waals surface area contributed by atoms with Crippen LogP contribution in [0.4, 0.5) is 0 Å². The molecule has 30 heavy (non-hydrogen) atoms. The maximum atomic E-state index is 13.0. The molecule has 0 fully saturated rings. The van der Waals surface area contributed by atoms with Crippen molar-refractivity contribution in [2.45, 2.75) is 20.0 Å². The van der Waals surface area contributed by atoms with Crippen LogP contribution in [0.1, 0.15) is 33.7 Å². The monoisotopic (exact) mass is 435 g/mol. The molecule has 0 unspecified atom stereocenters. The number of aromatic nitrogens is 4. The van der Waals surface area contributed by atoms with Gasteiger partial charge in [0.25, 0.3) is 5.91 Å². The molecule has 8 heteroatoms. The number of benzene rings is 1. The van der Waals surface area contributed by atoms with E-state index in [-0.39, 0.29) is 5.91 Å². The SMILES string of the molecule is C=CS/C(=C\C)c1ccc(C(=O)N2CCn3c(nnc3-c3csc(C=C)n3)C2)cc1. The van der Waals surface area contributed by atoms with Crippen molar-refractivity contribution in [3.8, 4) is 11.5 Å². The molecule has 0 aliphatic carbocycles. The Morgan fingerprint density at radius 3 is 2.60 bits per heavy atom. The molecule has 0 bridgehead atoms. The van der Waals surface area contributed by atoms with Gasteiger partial charge in [-0.15, -0.1) is 21.5 Å². The van der Waals surface area contributed by atoms with Crippen LogP contribution in [0.25, 0.3) is 22.5 Å². The summed E-state index contributed by atoms with van der Waals surface area (Å²) in [6.45, 7) is 11.2. The second-order valence-corrected chi connectivity index (χ2v) is 8.51. The van der Waals surface area contributed by atoms with E-state index in [0.29, 0.717) is 25.2 Å². The van der Waals surface area contributed by atoms with E-state index in [0.717, 1.165) is 32.8 Å². The molecule has 3 heterocycles. The minimum Gasteiger partial charge on any atom is -0.329 e. The molecule has 0 saturated carbocycles. The molecule has 0 atom stereocenters. The van der Waals surface area contributed by atoms with Gasteiger partial charge in [0, 0.05) is 28.9 Å². The lowest BCUT2D eigenvalue weighted by atomic mass is 10.1. The predicted octanol–water partition coefficient (Wildman–Crippen LogP) is 4.94. The Morgan fingerprint density at radius 1 is 1.17 bits per heavy atom. The Labute approximate surface area is 183 Å². The maximum Gasteiger partial charge on any atom is 0.254 e. The summed E-state index contributed by atoms with van der Waals surface area (Å²) in [5.41, 5.74) is 2.53. The molecule has 0 radical (unpaired) electrons. The van der Waals surface area contributed by atoms with E-state index in [9.17, 15) is 4.79 Å². The first kappa shape index (κ1) is 20.3. The zero-order valence-corrected chi connectivity index (χ0v) is 18.2. The first-order valence-electron chi connectivity index (χ1n) is 9.48. The standard InChI is InChI=1S/C22H21N5OS2/c1-4-18(29-6-3)15-7-9-16(10-8-15)22(28)26-11-12-27-19(13-26)24-25-21(27)17-14-30-20(5-2)23-17/h4-10,14H,2-3,11-13H2,1H3/b18-4-. The number of thiazole rings is 1. The molecule has 1 amide bonds. The fourth-order valence-corrected chi connectivity index (χ4v) is 4.58. The zero-order chi connectivity index (χ0) is 21.1. The first-order valence-corrected chi connectivity index (χ1v) is 11.2. The van der Waals surface area contributed by atoms with Gasteiger partial charge in [-0.05, 0) is 36.1 Å². The van der Waals surface area contributed by atoms with Crippen molar-refractivity contribution in [3.63, 3.8) is 0 Å². The summed E-state index contributed by atoms with van der Waals surface area (Å²) in [4.78, 5) is 20.5. The van der Waals surface area contributed by atoms with Gasteiger partial charge in [0.1, 0.15) is 10.7 Å². The third kappa shape index (κ3) is 3.88. The number of carbonyl (C=O) groups excluding carboxylic acids is 1. The summed E-state index contributed by atoms with van der Waals surface area (Å²) in [5.74, 6) is 1.51. The van der Waals surface area contributed by atoms with Gasteiger partial charge in [0.15, 0.2) is 11.6 Å². The van der Waals surface area contributed by atoms with E-state index < -0.39 is 0 Å². The van der Waals surface area contributed by atoms with Crippen molar-refractivity contribution < 1.29 is 4.79 Å². The molecule has 0 saturated heterocycles. The Hall–Kier alpha value is -2.97. The second-order valence-electron chi connectivity index (χ2n) is 6.61. The number of rotatable bonds is 6. The van der Waals surface area contributed by atoms with Crippen molar-refractivity contribution in [1.29, 1.82) is 0 Å². The summed E-state index contributed by atoms with van der Waals surface area (Å²) >= 11 is 3.09. The lowest BCUT2D eigenvalue weighted by molar-refractivity contribution is 0.0708. The number of hydrogen-bond donors (Lipinski definition) is 0. The highest BCUT2D eigenvalue weighted by Gasteiger charge is 2.26. The van der Waals surface area contributed by atoms with Crippen LogP contribution in [-0.4, -0.2) is 37.1 Å². The molecule has 4 rings (SSSR count). The number of nitrogens with zero attached hydrogens (tertiary/aromatic N) is 5. The first-order chi connectivity index (χ1) is 14.6. The highest BCUT2D eigenvalue weighted by molar-refractivity contribution is 8.10. The molecule has 1 aromatic carbocycles. The van der Waals surface area contributed by atoms with Crippen LogP contribution in [0.5, 0.6) is 0 Å². The fourth-order valence-electron chi connectivity index (χ4n) is 3.36. The molecular formula is C22H21N5OS2. The molecule has 3 aromatic rings. The van der Waals surface area contributed by atoms with E-state index in [4.69, 9.17) is 0 Å². The summed E-state index contributed by atoms with van der Waals surface area (Å²) < 4.78 is 2.04. The topological polar surface area (TPSA) is 63.9 Å². The highest BCUT2D eigenvalue weighted by atomic mass is 32.2. The van der Waals surface area contributed by atoms with E-state index in [2.05, 4.69) is 28.3 Å². The van der Waals surface area contributed by atoms with Crippen molar-refractivity contribution >= 4 is 40.0 Å². The number of amides is 1. The summed E-state index contributed by atoms with van der Waals surface area (Å²) in [5, 5.41) is 13.2. The van der Waals surface area contributed by atoms with E-state index >= 15 is 0 Å². The van der Waals surface area contributed by atoms with Gasteiger partial charge in [-0.1, -0.05) is 43.1 Å². The Kier molecular flexibility index (Phi) is 5.96. The molecule has 0 spiro atoms. The third-order valence-electron chi connectivity index (χ3n) is 4.85. The lowest BCUT2D eigenvalue weighted by Crippen LogP contribution is -2.38. The summed E-state index contributed by atoms with van der Waals surface area (Å²) in [6, 6.07) is 7.70. The van der Waals surface area contributed by atoms with Gasteiger partial charge in [0.2, 0.25) is 0 Å². The van der Waals surface area contributed by atoms with Gasteiger partial charge < -0.3 is 9.47 Å². The molecule has 6 nitrogen and oxygen atoms in total. The normalized spacial score (nSPS) is 13.8. The molecule has 2 aromatic heterocycles. The average molecular weight is 436 g/mol. The molecular weight excluding hydrogens is 414 g/mol. The average Bonchev–Trinajstić information content (AvgIpc) is 3.43. The van der Waals surface area contributed by atoms with Crippen LogP contribution in [0.15, 0.2) is 54.3 Å². The minimum absolute atomic E-state index is 0.00152. The van der Waals surface area contributed by atoms with Crippen LogP contribution in [-0.2, 0) is 13.1 Å². The van der Waals surface area contributed by atoms with Crippen LogP contribution >= 0.6 is 23.1 Å². The van der Waals surface area contributed by atoms with Crippen molar-refractivity contribution in [1.82, 2.24) is 24.6 Å². The third-order valence-corrected chi connectivity index (χ3v) is 6.59. The summed E-state index contributed by atoms with van der Waals surface area (Å²) in [6.07, 6.45) is 3.77. The largest absolute Gasteiger partial charge is 0.329 e. The molecule has 1 aliphatic rings. The van der Waals surface area contributed by atoms with Gasteiger partial charge >= 0.3 is 0 Å². The van der Waals surface area contributed by atoms with E-state index in [1.807, 2.05) is 52.1 Å². The van der Waals surface area contributed by atoms with Gasteiger partial charge in [0.05, 0.1) is 6.54 Å². The van der Waals surface area contributed by atoms with Gasteiger partial charge in [-0.25, -0.2) is 4.98 Å². The Balaban J connectivity index is 1.50. The van der Waals surface area contributed by atoms with Crippen LogP contribution in [0.2, 0.25) is 0 Å². The van der Waals surface area contributed by atoms with Crippen LogP contribution in [0, 0.1) is 0 Å². The molecule has 0 N–H and O–H groups in total. The Bertz CT molecular complexity index is 1130. The Morgan fingerprint density at radius 2 is 1.93 bits per heavy atom.